The van der Waals surface area contributed by atoms with Crippen LogP contribution in [0.5, 0.6) is 0 Å². The summed E-state index contributed by atoms with van der Waals surface area (Å²) in [5.74, 6) is 0.900. The van der Waals surface area contributed by atoms with Crippen LogP contribution in [-0.2, 0) is 6.54 Å². The van der Waals surface area contributed by atoms with Gasteiger partial charge in [-0.2, -0.15) is 0 Å². The first-order valence-electron chi connectivity index (χ1n) is 5.73. The van der Waals surface area contributed by atoms with Crippen molar-refractivity contribution in [2.24, 2.45) is 5.92 Å². The van der Waals surface area contributed by atoms with E-state index in [-0.39, 0.29) is 12.4 Å². The van der Waals surface area contributed by atoms with Crippen LogP contribution in [0.4, 0.5) is 0 Å². The summed E-state index contributed by atoms with van der Waals surface area (Å²) in [6.07, 6.45) is 4.21. The van der Waals surface area contributed by atoms with Crippen LogP contribution >= 0.6 is 24.0 Å². The normalized spacial score (nSPS) is 17.4. The smallest absolute Gasteiger partial charge is 0.0406 e. The SMILES string of the molecule is C[C@H](NCc1ccc(Cl)cc1)C1CCC1.Cl. The van der Waals surface area contributed by atoms with Crippen molar-refractivity contribution in [1.82, 2.24) is 5.32 Å². The van der Waals surface area contributed by atoms with Crippen molar-refractivity contribution in [3.05, 3.63) is 34.9 Å². The molecule has 1 atom stereocenters. The zero-order chi connectivity index (χ0) is 10.7. The van der Waals surface area contributed by atoms with Crippen molar-refractivity contribution in [3.63, 3.8) is 0 Å². The molecule has 90 valence electrons. The highest BCUT2D eigenvalue weighted by Gasteiger charge is 2.23. The van der Waals surface area contributed by atoms with E-state index >= 15 is 0 Å². The van der Waals surface area contributed by atoms with Crippen molar-refractivity contribution in [1.29, 1.82) is 0 Å². The van der Waals surface area contributed by atoms with Gasteiger partial charge < -0.3 is 5.32 Å². The lowest BCUT2D eigenvalue weighted by atomic mass is 9.80. The van der Waals surface area contributed by atoms with Crippen LogP contribution in [0.2, 0.25) is 5.02 Å². The zero-order valence-electron chi connectivity index (χ0n) is 9.58. The van der Waals surface area contributed by atoms with E-state index in [1.807, 2.05) is 12.1 Å². The van der Waals surface area contributed by atoms with Crippen molar-refractivity contribution >= 4 is 24.0 Å². The van der Waals surface area contributed by atoms with Gasteiger partial charge in [0.15, 0.2) is 0 Å². The van der Waals surface area contributed by atoms with Gasteiger partial charge in [0.2, 0.25) is 0 Å². The fourth-order valence-corrected chi connectivity index (χ4v) is 2.11. The van der Waals surface area contributed by atoms with E-state index in [2.05, 4.69) is 24.4 Å². The monoisotopic (exact) mass is 259 g/mol. The molecule has 1 aromatic carbocycles. The molecule has 16 heavy (non-hydrogen) atoms. The fourth-order valence-electron chi connectivity index (χ4n) is 1.99. The van der Waals surface area contributed by atoms with Crippen LogP contribution in [-0.4, -0.2) is 6.04 Å². The molecule has 0 spiro atoms. The van der Waals surface area contributed by atoms with Crippen LogP contribution in [0.1, 0.15) is 31.7 Å². The predicted molar refractivity (Wildman–Crippen MR) is 72.3 cm³/mol. The first-order chi connectivity index (χ1) is 7.25. The number of rotatable bonds is 4. The zero-order valence-corrected chi connectivity index (χ0v) is 11.2. The van der Waals surface area contributed by atoms with Gasteiger partial charge in [-0.1, -0.05) is 30.2 Å². The minimum Gasteiger partial charge on any atom is -0.310 e. The summed E-state index contributed by atoms with van der Waals surface area (Å²) >= 11 is 5.84. The molecule has 1 nitrogen and oxygen atoms in total. The summed E-state index contributed by atoms with van der Waals surface area (Å²) in [6.45, 7) is 3.24. The lowest BCUT2D eigenvalue weighted by Crippen LogP contribution is -2.36. The molecule has 0 amide bonds. The summed E-state index contributed by atoms with van der Waals surface area (Å²) in [6, 6.07) is 8.72. The van der Waals surface area contributed by atoms with Crippen LogP contribution in [0.15, 0.2) is 24.3 Å². The molecular weight excluding hydrogens is 241 g/mol. The number of hydrogen-bond donors (Lipinski definition) is 1. The number of hydrogen-bond acceptors (Lipinski definition) is 1. The molecule has 1 N–H and O–H groups in total. The molecule has 2 rings (SSSR count). The first kappa shape index (κ1) is 13.8. The number of benzene rings is 1. The van der Waals surface area contributed by atoms with E-state index in [9.17, 15) is 0 Å². The summed E-state index contributed by atoms with van der Waals surface area (Å²) in [4.78, 5) is 0. The molecule has 3 heteroatoms. The van der Waals surface area contributed by atoms with Gasteiger partial charge in [0, 0.05) is 17.6 Å². The maximum atomic E-state index is 5.84. The van der Waals surface area contributed by atoms with Gasteiger partial charge in [-0.3, -0.25) is 0 Å². The minimum absolute atomic E-state index is 0. The molecular formula is C13H19Cl2N. The standard InChI is InChI=1S/C13H18ClN.ClH/c1-10(12-3-2-4-12)15-9-11-5-7-13(14)8-6-11;/h5-8,10,12,15H,2-4,9H2,1H3;1H/t10-;/m0./s1. The fraction of sp³-hybridized carbons (Fsp3) is 0.538. The second-order valence-electron chi connectivity index (χ2n) is 4.49. The van der Waals surface area contributed by atoms with Crippen LogP contribution in [0.25, 0.3) is 0 Å². The summed E-state index contributed by atoms with van der Waals surface area (Å²) < 4.78 is 0. The molecule has 0 heterocycles. The third-order valence-corrected chi connectivity index (χ3v) is 3.65. The quantitative estimate of drug-likeness (QED) is 0.861. The summed E-state index contributed by atoms with van der Waals surface area (Å²) in [5, 5.41) is 4.39. The van der Waals surface area contributed by atoms with Crippen molar-refractivity contribution in [3.8, 4) is 0 Å². The van der Waals surface area contributed by atoms with Gasteiger partial charge in [0.1, 0.15) is 0 Å². The first-order valence-corrected chi connectivity index (χ1v) is 6.11. The third kappa shape index (κ3) is 3.65. The van der Waals surface area contributed by atoms with E-state index in [0.29, 0.717) is 6.04 Å². The number of halogens is 2. The average molecular weight is 260 g/mol. The Labute approximate surface area is 109 Å². The molecule has 1 aromatic rings. The highest BCUT2D eigenvalue weighted by atomic mass is 35.5. The van der Waals surface area contributed by atoms with Gasteiger partial charge >= 0.3 is 0 Å². The van der Waals surface area contributed by atoms with E-state index < -0.39 is 0 Å². The van der Waals surface area contributed by atoms with Gasteiger partial charge in [0.25, 0.3) is 0 Å². The Balaban J connectivity index is 0.00000128. The molecule has 0 radical (unpaired) electrons. The topological polar surface area (TPSA) is 12.0 Å². The molecule has 0 aromatic heterocycles. The Kier molecular flexibility index (Phi) is 5.60. The third-order valence-electron chi connectivity index (χ3n) is 3.40. The van der Waals surface area contributed by atoms with Crippen LogP contribution < -0.4 is 5.32 Å². The highest BCUT2D eigenvalue weighted by molar-refractivity contribution is 6.30. The highest BCUT2D eigenvalue weighted by Crippen LogP contribution is 2.29. The molecule has 1 fully saturated rings. The van der Waals surface area contributed by atoms with E-state index in [4.69, 9.17) is 11.6 Å². The molecule has 0 aliphatic heterocycles. The molecule has 0 saturated heterocycles. The number of nitrogens with one attached hydrogen (secondary N) is 1. The molecule has 1 aliphatic carbocycles. The van der Waals surface area contributed by atoms with Gasteiger partial charge in [0.05, 0.1) is 0 Å². The van der Waals surface area contributed by atoms with Crippen molar-refractivity contribution in [2.75, 3.05) is 0 Å². The van der Waals surface area contributed by atoms with Gasteiger partial charge in [-0.15, -0.1) is 12.4 Å². The molecule has 0 unspecified atom stereocenters. The maximum absolute atomic E-state index is 5.84. The van der Waals surface area contributed by atoms with E-state index in [1.165, 1.54) is 24.8 Å². The second-order valence-corrected chi connectivity index (χ2v) is 4.92. The van der Waals surface area contributed by atoms with Crippen molar-refractivity contribution < 1.29 is 0 Å². The molecule has 1 aliphatic rings. The second kappa shape index (κ2) is 6.48. The lowest BCUT2D eigenvalue weighted by molar-refractivity contribution is 0.240. The van der Waals surface area contributed by atoms with Crippen molar-refractivity contribution in [2.45, 2.75) is 38.8 Å². The Morgan fingerprint density at radius 3 is 2.44 bits per heavy atom. The lowest BCUT2D eigenvalue weighted by Gasteiger charge is -2.32. The largest absolute Gasteiger partial charge is 0.310 e. The van der Waals surface area contributed by atoms with Gasteiger partial charge in [-0.25, -0.2) is 0 Å². The molecule has 0 bridgehead atoms. The van der Waals surface area contributed by atoms with Crippen LogP contribution in [0, 0.1) is 5.92 Å². The Morgan fingerprint density at radius 2 is 1.94 bits per heavy atom. The Morgan fingerprint density at radius 1 is 1.31 bits per heavy atom. The summed E-state index contributed by atoms with van der Waals surface area (Å²) in [7, 11) is 0. The van der Waals surface area contributed by atoms with E-state index in [1.54, 1.807) is 0 Å². The average Bonchev–Trinajstić information content (AvgIpc) is 2.14. The Bertz CT molecular complexity index is 306. The van der Waals surface area contributed by atoms with E-state index in [0.717, 1.165) is 17.5 Å². The minimum atomic E-state index is 0. The maximum Gasteiger partial charge on any atom is 0.0406 e. The predicted octanol–water partition coefficient (Wildman–Crippen LogP) is 4.04. The summed E-state index contributed by atoms with van der Waals surface area (Å²) in [5.41, 5.74) is 1.31. The van der Waals surface area contributed by atoms with Crippen LogP contribution in [0.3, 0.4) is 0 Å². The van der Waals surface area contributed by atoms with Gasteiger partial charge in [-0.05, 0) is 43.4 Å². The Hall–Kier alpha value is -0.240. The molecule has 1 saturated carbocycles.